The highest BCUT2D eigenvalue weighted by atomic mass is 16.5. The van der Waals surface area contributed by atoms with E-state index in [1.54, 1.807) is 6.07 Å². The average molecular weight is 428 g/mol. The molecule has 0 saturated heterocycles. The molecule has 0 heterocycles. The lowest BCUT2D eigenvalue weighted by Crippen LogP contribution is -2.35. The Morgan fingerprint density at radius 1 is 1.00 bits per heavy atom. The second-order valence-corrected chi connectivity index (χ2v) is 7.73. The van der Waals surface area contributed by atoms with Crippen LogP contribution in [0, 0.1) is 0 Å². The number of rotatable bonds is 12. The van der Waals surface area contributed by atoms with Gasteiger partial charge in [0.15, 0.2) is 6.61 Å². The second kappa shape index (κ2) is 12.1. The van der Waals surface area contributed by atoms with Gasteiger partial charge in [0.25, 0.3) is 11.8 Å². The molecule has 0 aliphatic rings. The Bertz CT molecular complexity index is 850. The summed E-state index contributed by atoms with van der Waals surface area (Å²) in [5, 5.41) is 5.61. The number of ether oxygens (including phenoxy) is 2. The molecule has 0 spiro atoms. The molecule has 7 heteroatoms. The molecule has 0 aliphatic carbocycles. The highest BCUT2D eigenvalue weighted by molar-refractivity contribution is 5.95. The Balaban J connectivity index is 1.85. The van der Waals surface area contributed by atoms with Gasteiger partial charge < -0.3 is 25.8 Å². The molecule has 0 saturated carbocycles. The number of hydrogen-bond acceptors (Lipinski definition) is 5. The van der Waals surface area contributed by atoms with Crippen LogP contribution in [0.25, 0.3) is 11.1 Å². The maximum Gasteiger partial charge on any atom is 0.257 e. The molecule has 7 nitrogen and oxygen atoms in total. The van der Waals surface area contributed by atoms with Crippen LogP contribution in [0.15, 0.2) is 48.5 Å². The van der Waals surface area contributed by atoms with Crippen LogP contribution in [0.3, 0.4) is 0 Å². The summed E-state index contributed by atoms with van der Waals surface area (Å²) in [4.78, 5) is 24.1. The maximum absolute atomic E-state index is 12.1. The molecule has 0 unspecified atom stereocenters. The van der Waals surface area contributed by atoms with E-state index in [9.17, 15) is 9.59 Å². The fourth-order valence-corrected chi connectivity index (χ4v) is 3.04. The van der Waals surface area contributed by atoms with Crippen molar-refractivity contribution < 1.29 is 19.1 Å². The molecule has 0 atom stereocenters. The number of benzene rings is 2. The van der Waals surface area contributed by atoms with E-state index in [1.165, 1.54) is 0 Å². The van der Waals surface area contributed by atoms with Gasteiger partial charge in [0.05, 0.1) is 5.60 Å². The van der Waals surface area contributed by atoms with Crippen LogP contribution in [0.2, 0.25) is 0 Å². The van der Waals surface area contributed by atoms with E-state index in [2.05, 4.69) is 10.6 Å². The summed E-state index contributed by atoms with van der Waals surface area (Å²) in [6, 6.07) is 14.8. The first-order chi connectivity index (χ1) is 14.8. The molecular weight excluding hydrogens is 394 g/mol. The number of carbonyl (C=O) groups is 2. The third kappa shape index (κ3) is 8.39. The van der Waals surface area contributed by atoms with E-state index in [0.717, 1.165) is 17.5 Å². The van der Waals surface area contributed by atoms with Crippen molar-refractivity contribution in [1.82, 2.24) is 10.6 Å². The first-order valence-electron chi connectivity index (χ1n) is 10.6. The van der Waals surface area contributed by atoms with Crippen LogP contribution in [0.5, 0.6) is 5.75 Å². The molecule has 4 N–H and O–H groups in total. The topological polar surface area (TPSA) is 103 Å². The summed E-state index contributed by atoms with van der Waals surface area (Å²) in [6.45, 7) is 7.92. The third-order valence-corrected chi connectivity index (χ3v) is 4.70. The molecule has 0 aliphatic heterocycles. The zero-order valence-electron chi connectivity index (χ0n) is 18.6. The molecular formula is C24H33N3O4. The molecule has 2 aromatic carbocycles. The predicted octanol–water partition coefficient (Wildman–Crippen LogP) is 2.74. The summed E-state index contributed by atoms with van der Waals surface area (Å²) >= 11 is 0. The van der Waals surface area contributed by atoms with Crippen LogP contribution < -0.4 is 21.1 Å². The van der Waals surface area contributed by atoms with Crippen molar-refractivity contribution in [3.8, 4) is 16.9 Å². The van der Waals surface area contributed by atoms with E-state index in [1.807, 2.05) is 63.2 Å². The fraction of sp³-hybridized carbons (Fsp3) is 0.417. The summed E-state index contributed by atoms with van der Waals surface area (Å²) in [5.41, 5.74) is 7.61. The molecule has 0 aromatic heterocycles. The highest BCUT2D eigenvalue weighted by Crippen LogP contribution is 2.23. The smallest absolute Gasteiger partial charge is 0.257 e. The molecule has 2 rings (SSSR count). The van der Waals surface area contributed by atoms with E-state index >= 15 is 0 Å². The Morgan fingerprint density at radius 3 is 2.42 bits per heavy atom. The fourth-order valence-electron chi connectivity index (χ4n) is 3.04. The van der Waals surface area contributed by atoms with Gasteiger partial charge in [-0.25, -0.2) is 0 Å². The lowest BCUT2D eigenvalue weighted by atomic mass is 10.0. The molecule has 168 valence electrons. The number of carbonyl (C=O) groups excluding carboxylic acids is 2. The number of nitrogens with one attached hydrogen (secondary N) is 2. The van der Waals surface area contributed by atoms with Crippen LogP contribution in [-0.4, -0.2) is 50.3 Å². The molecule has 2 aromatic rings. The molecule has 31 heavy (non-hydrogen) atoms. The minimum absolute atomic E-state index is 0.0504. The van der Waals surface area contributed by atoms with Gasteiger partial charge >= 0.3 is 0 Å². The first kappa shape index (κ1) is 24.4. The van der Waals surface area contributed by atoms with Gasteiger partial charge in [-0.3, -0.25) is 9.59 Å². The lowest BCUT2D eigenvalue weighted by Gasteiger charge is -2.24. The first-order valence-corrected chi connectivity index (χ1v) is 10.6. The largest absolute Gasteiger partial charge is 0.484 e. The van der Waals surface area contributed by atoms with Crippen LogP contribution in [0.4, 0.5) is 0 Å². The minimum Gasteiger partial charge on any atom is -0.484 e. The molecule has 0 radical (unpaired) electrons. The van der Waals surface area contributed by atoms with E-state index in [4.69, 9.17) is 15.2 Å². The van der Waals surface area contributed by atoms with Crippen LogP contribution in [-0.2, 0) is 9.53 Å². The minimum atomic E-state index is -0.263. The number of hydrogen-bond donors (Lipinski definition) is 3. The Morgan fingerprint density at radius 2 is 1.74 bits per heavy atom. The van der Waals surface area contributed by atoms with Crippen LogP contribution >= 0.6 is 0 Å². The summed E-state index contributed by atoms with van der Waals surface area (Å²) in [6.07, 6.45) is 0.727. The lowest BCUT2D eigenvalue weighted by molar-refractivity contribution is -0.123. The van der Waals surface area contributed by atoms with E-state index < -0.39 is 0 Å². The summed E-state index contributed by atoms with van der Waals surface area (Å²) in [7, 11) is 0. The van der Waals surface area contributed by atoms with Crippen molar-refractivity contribution in [3.05, 3.63) is 54.1 Å². The standard InChI is InChI=1S/C24H33N3O4/c1-4-31-24(2,3)12-14-26-22(28)17-30-21-10-8-18(9-11-21)19-6-5-7-20(16-19)23(29)27-15-13-25/h5-11,16H,4,12-15,17,25H2,1-3H3,(H,26,28)(H,27,29). The van der Waals surface area contributed by atoms with Gasteiger partial charge in [0.2, 0.25) is 0 Å². The van der Waals surface area contributed by atoms with Crippen molar-refractivity contribution in [2.24, 2.45) is 5.73 Å². The monoisotopic (exact) mass is 427 g/mol. The van der Waals surface area contributed by atoms with Gasteiger partial charge in [-0.15, -0.1) is 0 Å². The third-order valence-electron chi connectivity index (χ3n) is 4.70. The quantitative estimate of drug-likeness (QED) is 0.483. The van der Waals surface area contributed by atoms with Gasteiger partial charge in [-0.05, 0) is 62.6 Å². The second-order valence-electron chi connectivity index (χ2n) is 7.73. The summed E-state index contributed by atoms with van der Waals surface area (Å²) < 4.78 is 11.2. The molecule has 0 fully saturated rings. The zero-order valence-corrected chi connectivity index (χ0v) is 18.6. The van der Waals surface area contributed by atoms with Crippen molar-refractivity contribution in [3.63, 3.8) is 0 Å². The SMILES string of the molecule is CCOC(C)(C)CCNC(=O)COc1ccc(-c2cccc(C(=O)NCCN)c2)cc1. The van der Waals surface area contributed by atoms with Crippen molar-refractivity contribution in [2.75, 3.05) is 32.8 Å². The van der Waals surface area contributed by atoms with Crippen LogP contribution in [0.1, 0.15) is 37.6 Å². The Hall–Kier alpha value is -2.90. The van der Waals surface area contributed by atoms with Gasteiger partial charge in [0.1, 0.15) is 5.75 Å². The Labute approximate surface area is 184 Å². The van der Waals surface area contributed by atoms with Gasteiger partial charge in [-0.1, -0.05) is 24.3 Å². The van der Waals surface area contributed by atoms with Crippen molar-refractivity contribution in [1.29, 1.82) is 0 Å². The maximum atomic E-state index is 12.1. The highest BCUT2D eigenvalue weighted by Gasteiger charge is 2.17. The number of amides is 2. The van der Waals surface area contributed by atoms with Gasteiger partial charge in [0, 0.05) is 31.8 Å². The van der Waals surface area contributed by atoms with E-state index in [0.29, 0.717) is 37.6 Å². The molecule has 0 bridgehead atoms. The Kier molecular flexibility index (Phi) is 9.49. The van der Waals surface area contributed by atoms with Crippen molar-refractivity contribution in [2.45, 2.75) is 32.8 Å². The normalized spacial score (nSPS) is 11.1. The molecule has 2 amide bonds. The predicted molar refractivity (Wildman–Crippen MR) is 122 cm³/mol. The van der Waals surface area contributed by atoms with E-state index in [-0.39, 0.29) is 24.0 Å². The van der Waals surface area contributed by atoms with Gasteiger partial charge in [-0.2, -0.15) is 0 Å². The summed E-state index contributed by atoms with van der Waals surface area (Å²) in [5.74, 6) is 0.279. The zero-order chi connectivity index (χ0) is 22.7. The number of nitrogens with two attached hydrogens (primary N) is 1. The average Bonchev–Trinajstić information content (AvgIpc) is 2.76. The van der Waals surface area contributed by atoms with Crippen molar-refractivity contribution >= 4 is 11.8 Å².